The van der Waals surface area contributed by atoms with E-state index < -0.39 is 5.97 Å². The molecule has 6 heteroatoms. The van der Waals surface area contributed by atoms with Gasteiger partial charge in [0.25, 0.3) is 0 Å². The highest BCUT2D eigenvalue weighted by Gasteiger charge is 2.25. The lowest BCUT2D eigenvalue weighted by molar-refractivity contribution is 0.0606. The number of aromatic nitrogens is 1. The maximum absolute atomic E-state index is 11.4. The van der Waals surface area contributed by atoms with Crippen molar-refractivity contribution in [2.75, 3.05) is 12.4 Å². The SMILES string of the molecule is COC(=O)c1sc(NC(C)C2CCC2)nc1Cl. The van der Waals surface area contributed by atoms with Crippen molar-refractivity contribution in [1.29, 1.82) is 0 Å². The summed E-state index contributed by atoms with van der Waals surface area (Å²) in [5.74, 6) is 0.274. The van der Waals surface area contributed by atoms with Gasteiger partial charge in [-0.2, -0.15) is 0 Å². The molecule has 1 atom stereocenters. The first-order chi connectivity index (χ1) is 8.11. The van der Waals surface area contributed by atoms with Crippen LogP contribution < -0.4 is 5.32 Å². The summed E-state index contributed by atoms with van der Waals surface area (Å²) >= 11 is 7.13. The van der Waals surface area contributed by atoms with Crippen molar-refractivity contribution in [2.24, 2.45) is 5.92 Å². The fraction of sp³-hybridized carbons (Fsp3) is 0.636. The molecule has 94 valence electrons. The summed E-state index contributed by atoms with van der Waals surface area (Å²) in [5, 5.41) is 4.20. The number of anilines is 1. The Labute approximate surface area is 109 Å². The van der Waals surface area contributed by atoms with Crippen molar-refractivity contribution in [2.45, 2.75) is 32.2 Å². The number of rotatable bonds is 4. The molecule has 0 aromatic carbocycles. The van der Waals surface area contributed by atoms with Gasteiger partial charge in [-0.25, -0.2) is 9.78 Å². The number of carbonyl (C=O) groups excluding carboxylic acids is 1. The van der Waals surface area contributed by atoms with E-state index >= 15 is 0 Å². The van der Waals surface area contributed by atoms with Crippen LogP contribution in [-0.4, -0.2) is 24.1 Å². The molecule has 0 saturated heterocycles. The first-order valence-electron chi connectivity index (χ1n) is 5.63. The molecule has 1 N–H and O–H groups in total. The number of thiazole rings is 1. The summed E-state index contributed by atoms with van der Waals surface area (Å²) in [6.07, 6.45) is 3.83. The molecule has 0 aliphatic heterocycles. The summed E-state index contributed by atoms with van der Waals surface area (Å²) in [4.78, 5) is 15.9. The van der Waals surface area contributed by atoms with E-state index in [9.17, 15) is 4.79 Å². The number of halogens is 1. The van der Waals surface area contributed by atoms with Gasteiger partial charge in [-0.05, 0) is 25.7 Å². The van der Waals surface area contributed by atoms with E-state index in [0.717, 1.165) is 0 Å². The van der Waals surface area contributed by atoms with Crippen LogP contribution in [0.2, 0.25) is 5.15 Å². The van der Waals surface area contributed by atoms with Crippen LogP contribution in [-0.2, 0) is 4.74 Å². The second-order valence-corrected chi connectivity index (χ2v) is 5.61. The van der Waals surface area contributed by atoms with Crippen LogP contribution in [0.15, 0.2) is 0 Å². The molecular formula is C11H15ClN2O2S. The summed E-state index contributed by atoms with van der Waals surface area (Å²) in [7, 11) is 1.34. The van der Waals surface area contributed by atoms with Crippen LogP contribution in [0.3, 0.4) is 0 Å². The third-order valence-electron chi connectivity index (χ3n) is 3.16. The Morgan fingerprint density at radius 1 is 1.65 bits per heavy atom. The van der Waals surface area contributed by atoms with Crippen molar-refractivity contribution < 1.29 is 9.53 Å². The molecule has 4 nitrogen and oxygen atoms in total. The van der Waals surface area contributed by atoms with Gasteiger partial charge in [-0.1, -0.05) is 29.4 Å². The van der Waals surface area contributed by atoms with E-state index in [-0.39, 0.29) is 5.15 Å². The molecule has 1 unspecified atom stereocenters. The highest BCUT2D eigenvalue weighted by atomic mass is 35.5. The van der Waals surface area contributed by atoms with Crippen LogP contribution >= 0.6 is 22.9 Å². The molecule has 1 aliphatic carbocycles. The minimum absolute atomic E-state index is 0.213. The van der Waals surface area contributed by atoms with Gasteiger partial charge in [0.1, 0.15) is 0 Å². The molecule has 1 aromatic rings. The van der Waals surface area contributed by atoms with Gasteiger partial charge in [-0.3, -0.25) is 0 Å². The average molecular weight is 275 g/mol. The molecule has 2 rings (SSSR count). The largest absolute Gasteiger partial charge is 0.465 e. The topological polar surface area (TPSA) is 51.2 Å². The van der Waals surface area contributed by atoms with Crippen LogP contribution in [0.5, 0.6) is 0 Å². The van der Waals surface area contributed by atoms with Crippen LogP contribution in [0, 0.1) is 5.92 Å². The molecule has 17 heavy (non-hydrogen) atoms. The van der Waals surface area contributed by atoms with Gasteiger partial charge in [0.15, 0.2) is 15.2 Å². The number of hydrogen-bond donors (Lipinski definition) is 1. The Kier molecular flexibility index (Phi) is 3.89. The summed E-state index contributed by atoms with van der Waals surface area (Å²) < 4.78 is 4.63. The highest BCUT2D eigenvalue weighted by Crippen LogP contribution is 2.33. The molecule has 0 amide bonds. The summed E-state index contributed by atoms with van der Waals surface area (Å²) in [5.41, 5.74) is 0. The number of hydrogen-bond acceptors (Lipinski definition) is 5. The molecule has 1 saturated carbocycles. The van der Waals surface area contributed by atoms with Gasteiger partial charge in [0.05, 0.1) is 7.11 Å². The predicted octanol–water partition coefficient (Wildman–Crippen LogP) is 3.18. The van der Waals surface area contributed by atoms with E-state index in [2.05, 4.69) is 22.0 Å². The predicted molar refractivity (Wildman–Crippen MR) is 68.9 cm³/mol. The van der Waals surface area contributed by atoms with E-state index in [4.69, 9.17) is 11.6 Å². The number of ether oxygens (including phenoxy) is 1. The normalized spacial score (nSPS) is 17.4. The van der Waals surface area contributed by atoms with Crippen LogP contribution in [0.25, 0.3) is 0 Å². The fourth-order valence-electron chi connectivity index (χ4n) is 1.83. The lowest BCUT2D eigenvalue weighted by Gasteiger charge is -2.31. The number of methoxy groups -OCH3 is 1. The summed E-state index contributed by atoms with van der Waals surface area (Å²) in [6, 6.07) is 0.372. The maximum Gasteiger partial charge on any atom is 0.351 e. The van der Waals surface area contributed by atoms with Gasteiger partial charge >= 0.3 is 5.97 Å². The Bertz CT molecular complexity index is 418. The number of carbonyl (C=O) groups is 1. The smallest absolute Gasteiger partial charge is 0.351 e. The number of esters is 1. The second-order valence-electron chi connectivity index (χ2n) is 4.25. The third-order valence-corrected chi connectivity index (χ3v) is 4.52. The lowest BCUT2D eigenvalue weighted by atomic mass is 9.80. The standard InChI is InChI=1S/C11H15ClN2O2S/c1-6(7-4-3-5-7)13-11-14-9(12)8(17-11)10(15)16-2/h6-7H,3-5H2,1-2H3,(H,13,14). The molecule has 1 aromatic heterocycles. The van der Waals surface area contributed by atoms with Crippen molar-refractivity contribution >= 4 is 34.0 Å². The van der Waals surface area contributed by atoms with Crippen LogP contribution in [0.1, 0.15) is 35.9 Å². The first kappa shape index (κ1) is 12.6. The molecule has 0 bridgehead atoms. The maximum atomic E-state index is 11.4. The number of nitrogens with one attached hydrogen (secondary N) is 1. The molecule has 0 spiro atoms. The first-order valence-corrected chi connectivity index (χ1v) is 6.82. The lowest BCUT2D eigenvalue weighted by Crippen LogP contribution is -2.30. The molecule has 1 aliphatic rings. The van der Waals surface area contributed by atoms with Crippen LogP contribution in [0.4, 0.5) is 5.13 Å². The minimum atomic E-state index is -0.433. The monoisotopic (exact) mass is 274 g/mol. The fourth-order valence-corrected chi connectivity index (χ4v) is 3.03. The van der Waals surface area contributed by atoms with Crippen molar-refractivity contribution in [1.82, 2.24) is 4.98 Å². The van der Waals surface area contributed by atoms with E-state index in [0.29, 0.717) is 22.0 Å². The van der Waals surface area contributed by atoms with Gasteiger partial charge in [0, 0.05) is 6.04 Å². The molecular weight excluding hydrogens is 260 g/mol. The average Bonchev–Trinajstić information content (AvgIpc) is 2.55. The Balaban J connectivity index is 2.03. The van der Waals surface area contributed by atoms with Gasteiger partial charge in [0.2, 0.25) is 0 Å². The highest BCUT2D eigenvalue weighted by molar-refractivity contribution is 7.18. The second kappa shape index (κ2) is 5.23. The third kappa shape index (κ3) is 2.72. The van der Waals surface area contributed by atoms with Gasteiger partial charge < -0.3 is 10.1 Å². The van der Waals surface area contributed by atoms with Crippen molar-refractivity contribution in [3.8, 4) is 0 Å². The van der Waals surface area contributed by atoms with E-state index in [1.165, 1.54) is 37.7 Å². The molecule has 1 heterocycles. The Morgan fingerprint density at radius 3 is 2.88 bits per heavy atom. The van der Waals surface area contributed by atoms with Crippen molar-refractivity contribution in [3.05, 3.63) is 10.0 Å². The zero-order chi connectivity index (χ0) is 12.4. The summed E-state index contributed by atoms with van der Waals surface area (Å²) in [6.45, 7) is 2.14. The Morgan fingerprint density at radius 2 is 2.35 bits per heavy atom. The Hall–Kier alpha value is -0.810. The molecule has 0 radical (unpaired) electrons. The number of nitrogens with zero attached hydrogens (tertiary/aromatic N) is 1. The van der Waals surface area contributed by atoms with E-state index in [1.807, 2.05) is 0 Å². The quantitative estimate of drug-likeness (QED) is 0.857. The van der Waals surface area contributed by atoms with Crippen molar-refractivity contribution in [3.63, 3.8) is 0 Å². The zero-order valence-corrected chi connectivity index (χ0v) is 11.4. The molecule has 1 fully saturated rings. The zero-order valence-electron chi connectivity index (χ0n) is 9.83. The van der Waals surface area contributed by atoms with Gasteiger partial charge in [-0.15, -0.1) is 0 Å². The van der Waals surface area contributed by atoms with E-state index in [1.54, 1.807) is 0 Å². The minimum Gasteiger partial charge on any atom is -0.465 e.